The second-order valence-corrected chi connectivity index (χ2v) is 6.71. The van der Waals surface area contributed by atoms with E-state index >= 15 is 0 Å². The van der Waals surface area contributed by atoms with E-state index in [-0.39, 0.29) is 5.75 Å². The van der Waals surface area contributed by atoms with Crippen molar-refractivity contribution in [3.63, 3.8) is 0 Å². The SMILES string of the molecule is COCCNC(=O)CS(=O)(=O)CCCc1ccccc1. The van der Waals surface area contributed by atoms with Gasteiger partial charge in [0, 0.05) is 13.7 Å². The first-order valence-electron chi connectivity index (χ1n) is 6.53. The van der Waals surface area contributed by atoms with Crippen LogP contribution in [0.25, 0.3) is 0 Å². The molecule has 0 aliphatic carbocycles. The van der Waals surface area contributed by atoms with Crippen molar-refractivity contribution >= 4 is 15.7 Å². The molecule has 0 aliphatic rings. The number of hydrogen-bond donors (Lipinski definition) is 1. The van der Waals surface area contributed by atoms with Crippen LogP contribution in [-0.2, 0) is 25.8 Å². The van der Waals surface area contributed by atoms with E-state index in [4.69, 9.17) is 4.74 Å². The summed E-state index contributed by atoms with van der Waals surface area (Å²) in [7, 11) is -1.82. The van der Waals surface area contributed by atoms with Crippen molar-refractivity contribution < 1.29 is 17.9 Å². The van der Waals surface area contributed by atoms with Gasteiger partial charge in [0.1, 0.15) is 5.75 Å². The lowest BCUT2D eigenvalue weighted by atomic mass is 10.1. The Hall–Kier alpha value is -1.40. The second kappa shape index (κ2) is 8.71. The molecule has 0 bridgehead atoms. The third-order valence-electron chi connectivity index (χ3n) is 2.74. The smallest absolute Gasteiger partial charge is 0.235 e. The second-order valence-electron chi connectivity index (χ2n) is 4.52. The van der Waals surface area contributed by atoms with Crippen LogP contribution in [0.2, 0.25) is 0 Å². The molecule has 6 heteroatoms. The molecular formula is C14H21NO4S. The number of amides is 1. The number of carbonyl (C=O) groups excluding carboxylic acids is 1. The zero-order chi connectivity index (χ0) is 14.8. The van der Waals surface area contributed by atoms with Crippen molar-refractivity contribution in [1.82, 2.24) is 5.32 Å². The predicted octanol–water partition coefficient (Wildman–Crippen LogP) is 0.797. The Labute approximate surface area is 120 Å². The van der Waals surface area contributed by atoms with Gasteiger partial charge in [-0.2, -0.15) is 0 Å². The lowest BCUT2D eigenvalue weighted by Crippen LogP contribution is -2.33. The molecule has 0 unspecified atom stereocenters. The van der Waals surface area contributed by atoms with E-state index in [1.165, 1.54) is 7.11 Å². The number of carbonyl (C=O) groups is 1. The third-order valence-corrected chi connectivity index (χ3v) is 4.36. The fraction of sp³-hybridized carbons (Fsp3) is 0.500. The van der Waals surface area contributed by atoms with E-state index in [0.29, 0.717) is 26.0 Å². The summed E-state index contributed by atoms with van der Waals surface area (Å²) < 4.78 is 28.3. The van der Waals surface area contributed by atoms with Gasteiger partial charge in [-0.15, -0.1) is 0 Å². The van der Waals surface area contributed by atoms with Crippen LogP contribution in [-0.4, -0.2) is 46.1 Å². The molecule has 1 rings (SSSR count). The molecule has 5 nitrogen and oxygen atoms in total. The van der Waals surface area contributed by atoms with Crippen molar-refractivity contribution in [3.05, 3.63) is 35.9 Å². The Bertz CT molecular complexity index is 499. The molecule has 0 spiro atoms. The maximum atomic E-state index is 11.8. The molecule has 0 fully saturated rings. The molecular weight excluding hydrogens is 278 g/mol. The van der Waals surface area contributed by atoms with Gasteiger partial charge in [-0.3, -0.25) is 4.79 Å². The van der Waals surface area contributed by atoms with E-state index < -0.39 is 21.5 Å². The molecule has 1 amide bonds. The highest BCUT2D eigenvalue weighted by atomic mass is 32.2. The van der Waals surface area contributed by atoms with Crippen molar-refractivity contribution in [3.8, 4) is 0 Å². The normalized spacial score (nSPS) is 11.2. The van der Waals surface area contributed by atoms with Crippen molar-refractivity contribution in [2.75, 3.05) is 31.8 Å². The minimum Gasteiger partial charge on any atom is -0.383 e. The average Bonchev–Trinajstić information content (AvgIpc) is 2.39. The van der Waals surface area contributed by atoms with Crippen molar-refractivity contribution in [1.29, 1.82) is 0 Å². The van der Waals surface area contributed by atoms with Gasteiger partial charge in [-0.1, -0.05) is 30.3 Å². The number of benzene rings is 1. The number of sulfone groups is 1. The molecule has 0 radical (unpaired) electrons. The third kappa shape index (κ3) is 7.25. The van der Waals surface area contributed by atoms with Crippen LogP contribution in [0.15, 0.2) is 30.3 Å². The number of aryl methyl sites for hydroxylation is 1. The predicted molar refractivity (Wildman–Crippen MR) is 78.3 cm³/mol. The summed E-state index contributed by atoms with van der Waals surface area (Å²) in [6.45, 7) is 0.703. The Morgan fingerprint density at radius 2 is 1.95 bits per heavy atom. The summed E-state index contributed by atoms with van der Waals surface area (Å²) in [5.41, 5.74) is 1.10. The van der Waals surface area contributed by atoms with Gasteiger partial charge in [0.25, 0.3) is 0 Å². The highest BCUT2D eigenvalue weighted by molar-refractivity contribution is 7.92. The Morgan fingerprint density at radius 1 is 1.25 bits per heavy atom. The van der Waals surface area contributed by atoms with E-state index in [1.54, 1.807) is 0 Å². The molecule has 0 aromatic heterocycles. The summed E-state index contributed by atoms with van der Waals surface area (Å²) >= 11 is 0. The highest BCUT2D eigenvalue weighted by Gasteiger charge is 2.15. The maximum Gasteiger partial charge on any atom is 0.235 e. The van der Waals surface area contributed by atoms with Crippen LogP contribution in [0.5, 0.6) is 0 Å². The fourth-order valence-electron chi connectivity index (χ4n) is 1.76. The summed E-state index contributed by atoms with van der Waals surface area (Å²) in [6.07, 6.45) is 1.23. The summed E-state index contributed by atoms with van der Waals surface area (Å²) in [5, 5.41) is 2.50. The first-order chi connectivity index (χ1) is 9.53. The molecule has 1 N–H and O–H groups in total. The molecule has 0 atom stereocenters. The summed E-state index contributed by atoms with van der Waals surface area (Å²) in [4.78, 5) is 11.4. The van der Waals surface area contributed by atoms with Crippen LogP contribution in [0.1, 0.15) is 12.0 Å². The molecule has 0 aliphatic heterocycles. The zero-order valence-corrected chi connectivity index (χ0v) is 12.5. The first kappa shape index (κ1) is 16.7. The van der Waals surface area contributed by atoms with E-state index in [0.717, 1.165) is 5.56 Å². The molecule has 1 aromatic carbocycles. The van der Waals surface area contributed by atoms with Crippen LogP contribution < -0.4 is 5.32 Å². The van der Waals surface area contributed by atoms with Gasteiger partial charge in [0.05, 0.1) is 12.4 Å². The quantitative estimate of drug-likeness (QED) is 0.685. The number of nitrogens with one attached hydrogen (secondary N) is 1. The topological polar surface area (TPSA) is 72.5 Å². The first-order valence-corrected chi connectivity index (χ1v) is 8.35. The summed E-state index contributed by atoms with van der Waals surface area (Å²) in [6, 6.07) is 9.69. The van der Waals surface area contributed by atoms with Crippen LogP contribution in [0.3, 0.4) is 0 Å². The van der Waals surface area contributed by atoms with E-state index in [1.807, 2.05) is 30.3 Å². The number of hydrogen-bond acceptors (Lipinski definition) is 4. The molecule has 0 saturated heterocycles. The zero-order valence-electron chi connectivity index (χ0n) is 11.7. The Morgan fingerprint density at radius 3 is 2.60 bits per heavy atom. The van der Waals surface area contributed by atoms with Crippen LogP contribution in [0.4, 0.5) is 0 Å². The fourth-order valence-corrected chi connectivity index (χ4v) is 2.99. The minimum atomic E-state index is -3.34. The van der Waals surface area contributed by atoms with Gasteiger partial charge < -0.3 is 10.1 Å². The van der Waals surface area contributed by atoms with E-state index in [9.17, 15) is 13.2 Å². The van der Waals surface area contributed by atoms with Gasteiger partial charge in [0.2, 0.25) is 5.91 Å². The lowest BCUT2D eigenvalue weighted by Gasteiger charge is -2.06. The molecule has 1 aromatic rings. The van der Waals surface area contributed by atoms with E-state index in [2.05, 4.69) is 5.32 Å². The van der Waals surface area contributed by atoms with Gasteiger partial charge in [-0.25, -0.2) is 8.42 Å². The molecule has 20 heavy (non-hydrogen) atoms. The van der Waals surface area contributed by atoms with Crippen molar-refractivity contribution in [2.24, 2.45) is 0 Å². The van der Waals surface area contributed by atoms with Crippen LogP contribution in [0, 0.1) is 0 Å². The average molecular weight is 299 g/mol. The molecule has 0 saturated carbocycles. The number of ether oxygens (including phenoxy) is 1. The molecule has 0 heterocycles. The largest absolute Gasteiger partial charge is 0.383 e. The van der Waals surface area contributed by atoms with Gasteiger partial charge >= 0.3 is 0 Å². The minimum absolute atomic E-state index is 0.0274. The Balaban J connectivity index is 2.29. The summed E-state index contributed by atoms with van der Waals surface area (Å²) in [5.74, 6) is -0.896. The van der Waals surface area contributed by atoms with Crippen LogP contribution >= 0.6 is 0 Å². The van der Waals surface area contributed by atoms with Gasteiger partial charge in [0.15, 0.2) is 9.84 Å². The standard InChI is InChI=1S/C14H21NO4S/c1-19-10-9-15-14(16)12-20(17,18)11-5-8-13-6-3-2-4-7-13/h2-4,6-7H,5,8-12H2,1H3,(H,15,16). The van der Waals surface area contributed by atoms with Crippen molar-refractivity contribution in [2.45, 2.75) is 12.8 Å². The monoisotopic (exact) mass is 299 g/mol. The lowest BCUT2D eigenvalue weighted by molar-refractivity contribution is -0.118. The van der Waals surface area contributed by atoms with Gasteiger partial charge in [-0.05, 0) is 18.4 Å². The highest BCUT2D eigenvalue weighted by Crippen LogP contribution is 2.04. The molecule has 112 valence electrons. The number of methoxy groups -OCH3 is 1. The Kier molecular flexibility index (Phi) is 7.25. The maximum absolute atomic E-state index is 11.8. The number of rotatable bonds is 9.